The summed E-state index contributed by atoms with van der Waals surface area (Å²) >= 11 is 5.60. The SMILES string of the molecule is COc1cc(OC)c(C(=O)CCCCCl)cc1NS(C)(=O)=O. The normalized spacial score (nSPS) is 11.1. The number of hydrogen-bond acceptors (Lipinski definition) is 5. The van der Waals surface area contributed by atoms with Gasteiger partial charge in [0, 0.05) is 18.4 Å². The highest BCUT2D eigenvalue weighted by Gasteiger charge is 2.18. The van der Waals surface area contributed by atoms with Gasteiger partial charge in [0.05, 0.1) is 31.7 Å². The predicted molar refractivity (Wildman–Crippen MR) is 86.9 cm³/mol. The summed E-state index contributed by atoms with van der Waals surface area (Å²) in [6, 6.07) is 2.92. The second kappa shape index (κ2) is 8.24. The van der Waals surface area contributed by atoms with Gasteiger partial charge in [0.25, 0.3) is 0 Å². The maximum atomic E-state index is 12.3. The maximum Gasteiger partial charge on any atom is 0.229 e. The van der Waals surface area contributed by atoms with E-state index in [0.717, 1.165) is 12.7 Å². The topological polar surface area (TPSA) is 81.7 Å². The van der Waals surface area contributed by atoms with Gasteiger partial charge in [-0.15, -0.1) is 11.6 Å². The molecule has 0 saturated carbocycles. The Morgan fingerprint density at radius 2 is 1.82 bits per heavy atom. The van der Waals surface area contributed by atoms with E-state index in [1.54, 1.807) is 0 Å². The number of Topliss-reactive ketones (excluding diaryl/α,β-unsaturated/α-hetero) is 1. The standard InChI is InChI=1S/C14H20ClNO5S/c1-20-13-9-14(21-2)11(16-22(3,18)19)8-10(13)12(17)6-4-5-7-15/h8-9,16H,4-7H2,1-3H3. The third-order valence-corrected chi connectivity index (χ3v) is 3.76. The Morgan fingerprint density at radius 1 is 1.18 bits per heavy atom. The lowest BCUT2D eigenvalue weighted by Crippen LogP contribution is -2.12. The zero-order chi connectivity index (χ0) is 16.8. The van der Waals surface area contributed by atoms with E-state index in [2.05, 4.69) is 4.72 Å². The van der Waals surface area contributed by atoms with Crippen LogP contribution in [0.5, 0.6) is 11.5 Å². The average molecular weight is 350 g/mol. The van der Waals surface area contributed by atoms with E-state index in [9.17, 15) is 13.2 Å². The molecule has 0 aliphatic rings. The van der Waals surface area contributed by atoms with Crippen LogP contribution < -0.4 is 14.2 Å². The summed E-state index contributed by atoms with van der Waals surface area (Å²) in [5.74, 6) is 0.973. The van der Waals surface area contributed by atoms with Crippen molar-refractivity contribution in [1.82, 2.24) is 0 Å². The number of alkyl halides is 1. The van der Waals surface area contributed by atoms with E-state index in [-0.39, 0.29) is 17.2 Å². The average Bonchev–Trinajstić information content (AvgIpc) is 2.45. The van der Waals surface area contributed by atoms with Gasteiger partial charge in [0.1, 0.15) is 11.5 Å². The van der Waals surface area contributed by atoms with Crippen molar-refractivity contribution >= 4 is 33.1 Å². The number of ether oxygens (including phenoxy) is 2. The number of hydrogen-bond donors (Lipinski definition) is 1. The number of rotatable bonds is 9. The predicted octanol–water partition coefficient (Wildman–Crippen LogP) is 2.67. The molecule has 0 radical (unpaired) electrons. The van der Waals surface area contributed by atoms with E-state index in [1.165, 1.54) is 26.4 Å². The van der Waals surface area contributed by atoms with E-state index >= 15 is 0 Å². The van der Waals surface area contributed by atoms with Crippen LogP contribution in [0.25, 0.3) is 0 Å². The van der Waals surface area contributed by atoms with Crippen LogP contribution in [0.2, 0.25) is 0 Å². The molecule has 0 heterocycles. The Kier molecular flexibility index (Phi) is 6.96. The van der Waals surface area contributed by atoms with Crippen LogP contribution in [0, 0.1) is 0 Å². The number of methoxy groups -OCH3 is 2. The summed E-state index contributed by atoms with van der Waals surface area (Å²) in [6.07, 6.45) is 2.74. The lowest BCUT2D eigenvalue weighted by Gasteiger charge is -2.15. The monoisotopic (exact) mass is 349 g/mol. The molecular weight excluding hydrogens is 330 g/mol. The molecule has 0 amide bonds. The highest BCUT2D eigenvalue weighted by atomic mass is 35.5. The van der Waals surface area contributed by atoms with Gasteiger partial charge in [-0.2, -0.15) is 0 Å². The minimum atomic E-state index is -3.49. The molecule has 1 aromatic rings. The zero-order valence-corrected chi connectivity index (χ0v) is 14.4. The van der Waals surface area contributed by atoms with Gasteiger partial charge >= 0.3 is 0 Å². The van der Waals surface area contributed by atoms with Crippen LogP contribution in [0.1, 0.15) is 29.6 Å². The van der Waals surface area contributed by atoms with Gasteiger partial charge in [-0.25, -0.2) is 8.42 Å². The molecule has 0 aliphatic heterocycles. The van der Waals surface area contributed by atoms with Gasteiger partial charge in [0.2, 0.25) is 10.0 Å². The molecule has 8 heteroatoms. The molecule has 0 saturated heterocycles. The maximum absolute atomic E-state index is 12.3. The Labute approximate surface area is 135 Å². The molecule has 1 N–H and O–H groups in total. The molecule has 124 valence electrons. The highest BCUT2D eigenvalue weighted by molar-refractivity contribution is 7.92. The number of halogens is 1. The number of anilines is 1. The van der Waals surface area contributed by atoms with Gasteiger partial charge in [-0.05, 0) is 18.9 Å². The van der Waals surface area contributed by atoms with Crippen LogP contribution in [0.4, 0.5) is 5.69 Å². The van der Waals surface area contributed by atoms with Crippen molar-refractivity contribution < 1.29 is 22.7 Å². The second-order valence-electron chi connectivity index (χ2n) is 4.70. The van der Waals surface area contributed by atoms with Crippen molar-refractivity contribution in [2.24, 2.45) is 0 Å². The molecule has 0 fully saturated rings. The van der Waals surface area contributed by atoms with Crippen molar-refractivity contribution in [3.05, 3.63) is 17.7 Å². The van der Waals surface area contributed by atoms with E-state index < -0.39 is 10.0 Å². The zero-order valence-electron chi connectivity index (χ0n) is 12.8. The number of unbranched alkanes of at least 4 members (excludes halogenated alkanes) is 1. The summed E-state index contributed by atoms with van der Waals surface area (Å²) in [6.45, 7) is 0. The largest absolute Gasteiger partial charge is 0.496 e. The minimum absolute atomic E-state index is 0.138. The number of ketones is 1. The third-order valence-electron chi connectivity index (χ3n) is 2.90. The summed E-state index contributed by atoms with van der Waals surface area (Å²) in [4.78, 5) is 12.3. The highest BCUT2D eigenvalue weighted by Crippen LogP contribution is 2.34. The lowest BCUT2D eigenvalue weighted by molar-refractivity contribution is 0.0977. The number of carbonyl (C=O) groups is 1. The molecule has 0 bridgehead atoms. The fourth-order valence-electron chi connectivity index (χ4n) is 1.91. The molecule has 22 heavy (non-hydrogen) atoms. The van der Waals surface area contributed by atoms with Crippen molar-refractivity contribution in [2.75, 3.05) is 31.1 Å². The first-order valence-corrected chi connectivity index (χ1v) is 9.08. The molecule has 0 atom stereocenters. The van der Waals surface area contributed by atoms with Crippen molar-refractivity contribution in [2.45, 2.75) is 19.3 Å². The van der Waals surface area contributed by atoms with Crippen molar-refractivity contribution in [1.29, 1.82) is 0 Å². The van der Waals surface area contributed by atoms with Crippen LogP contribution in [0.3, 0.4) is 0 Å². The van der Waals surface area contributed by atoms with Gasteiger partial charge in [-0.3, -0.25) is 9.52 Å². The summed E-state index contributed by atoms with van der Waals surface area (Å²) in [5, 5.41) is 0. The quantitative estimate of drug-likeness (QED) is 0.421. The smallest absolute Gasteiger partial charge is 0.229 e. The minimum Gasteiger partial charge on any atom is -0.496 e. The Morgan fingerprint density at radius 3 is 2.32 bits per heavy atom. The van der Waals surface area contributed by atoms with Crippen LogP contribution in [-0.4, -0.2) is 40.6 Å². The van der Waals surface area contributed by atoms with Gasteiger partial charge in [0.15, 0.2) is 5.78 Å². The molecule has 6 nitrogen and oxygen atoms in total. The summed E-state index contributed by atoms with van der Waals surface area (Å²) in [7, 11) is -0.647. The summed E-state index contributed by atoms with van der Waals surface area (Å²) < 4.78 is 35.5. The molecule has 1 aromatic carbocycles. The molecule has 0 unspecified atom stereocenters. The van der Waals surface area contributed by atoms with Crippen molar-refractivity contribution in [3.63, 3.8) is 0 Å². The second-order valence-corrected chi connectivity index (χ2v) is 6.82. The molecule has 0 spiro atoms. The third kappa shape index (κ3) is 5.38. The fraction of sp³-hybridized carbons (Fsp3) is 0.500. The van der Waals surface area contributed by atoms with Crippen LogP contribution >= 0.6 is 11.6 Å². The number of sulfonamides is 1. The molecule has 1 rings (SSSR count). The first kappa shape index (κ1) is 18.6. The van der Waals surface area contributed by atoms with Crippen molar-refractivity contribution in [3.8, 4) is 11.5 Å². The molecule has 0 aromatic heterocycles. The molecule has 0 aliphatic carbocycles. The lowest BCUT2D eigenvalue weighted by atomic mass is 10.0. The number of carbonyl (C=O) groups excluding carboxylic acids is 1. The van der Waals surface area contributed by atoms with Gasteiger partial charge in [-0.1, -0.05) is 0 Å². The summed E-state index contributed by atoms with van der Waals surface area (Å²) in [5.41, 5.74) is 0.510. The van der Waals surface area contributed by atoms with Gasteiger partial charge < -0.3 is 9.47 Å². The Bertz CT molecular complexity index is 630. The Balaban J connectivity index is 3.19. The Hall–Kier alpha value is -1.47. The van der Waals surface area contributed by atoms with Crippen LogP contribution in [0.15, 0.2) is 12.1 Å². The van der Waals surface area contributed by atoms with E-state index in [1.807, 2.05) is 0 Å². The first-order valence-electron chi connectivity index (χ1n) is 6.65. The van der Waals surface area contributed by atoms with Crippen LogP contribution in [-0.2, 0) is 10.0 Å². The van der Waals surface area contributed by atoms with E-state index in [4.69, 9.17) is 21.1 Å². The first-order chi connectivity index (χ1) is 10.3. The fourth-order valence-corrected chi connectivity index (χ4v) is 2.66. The van der Waals surface area contributed by atoms with E-state index in [0.29, 0.717) is 30.0 Å². The number of nitrogens with one attached hydrogen (secondary N) is 1. The number of benzene rings is 1. The molecular formula is C14H20ClNO5S.